The van der Waals surface area contributed by atoms with Crippen molar-refractivity contribution in [1.82, 2.24) is 10.1 Å². The first kappa shape index (κ1) is 16.8. The molecule has 0 N–H and O–H groups in total. The third-order valence-corrected chi connectivity index (χ3v) is 5.19. The number of fused-ring (bicyclic) bond motifs is 1. The SMILES string of the molecule is Cc1ccc(N2C[C@H](c3nc(-c4ccc5c(c4)OCO5)no3)CC2=O)c(C)c1. The van der Waals surface area contributed by atoms with Crippen LogP contribution >= 0.6 is 0 Å². The molecule has 142 valence electrons. The number of carbonyl (C=O) groups excluding carboxylic acids is 1. The summed E-state index contributed by atoms with van der Waals surface area (Å²) in [5, 5.41) is 4.10. The topological polar surface area (TPSA) is 77.7 Å². The summed E-state index contributed by atoms with van der Waals surface area (Å²) in [6.45, 7) is 4.81. The maximum atomic E-state index is 12.6. The van der Waals surface area contributed by atoms with Crippen molar-refractivity contribution in [3.63, 3.8) is 0 Å². The van der Waals surface area contributed by atoms with Gasteiger partial charge < -0.3 is 18.9 Å². The van der Waals surface area contributed by atoms with E-state index in [0.717, 1.165) is 16.8 Å². The number of amides is 1. The van der Waals surface area contributed by atoms with E-state index in [1.165, 1.54) is 5.56 Å². The maximum absolute atomic E-state index is 12.6. The van der Waals surface area contributed by atoms with Gasteiger partial charge in [-0.3, -0.25) is 4.79 Å². The van der Waals surface area contributed by atoms with Crippen LogP contribution in [0.4, 0.5) is 5.69 Å². The zero-order valence-electron chi connectivity index (χ0n) is 15.6. The standard InChI is InChI=1S/C21H19N3O4/c1-12-3-5-16(13(2)7-12)24-10-15(9-19(24)25)21-22-20(23-28-21)14-4-6-17-18(8-14)27-11-26-17/h3-8,15H,9-11H2,1-2H3/t15-/m1/s1. The first-order chi connectivity index (χ1) is 13.6. The van der Waals surface area contributed by atoms with E-state index < -0.39 is 0 Å². The molecular weight excluding hydrogens is 358 g/mol. The van der Waals surface area contributed by atoms with E-state index in [1.54, 1.807) is 0 Å². The lowest BCUT2D eigenvalue weighted by atomic mass is 10.1. The quantitative estimate of drug-likeness (QED) is 0.694. The smallest absolute Gasteiger partial charge is 0.232 e. The van der Waals surface area contributed by atoms with Crippen LogP contribution in [0.1, 0.15) is 29.4 Å². The largest absolute Gasteiger partial charge is 0.454 e. The molecule has 1 fully saturated rings. The van der Waals surface area contributed by atoms with Crippen LogP contribution in [0.3, 0.4) is 0 Å². The first-order valence-corrected chi connectivity index (χ1v) is 9.20. The number of benzene rings is 2. The highest BCUT2D eigenvalue weighted by atomic mass is 16.7. The number of rotatable bonds is 3. The summed E-state index contributed by atoms with van der Waals surface area (Å²) in [5.74, 6) is 2.28. The molecule has 0 aliphatic carbocycles. The Labute approximate surface area is 161 Å². The Morgan fingerprint density at radius 3 is 2.79 bits per heavy atom. The van der Waals surface area contributed by atoms with Crippen molar-refractivity contribution in [1.29, 1.82) is 0 Å². The minimum atomic E-state index is -0.122. The predicted octanol–water partition coefficient (Wildman–Crippen LogP) is 3.60. The van der Waals surface area contributed by atoms with Crippen molar-refractivity contribution in [3.8, 4) is 22.9 Å². The van der Waals surface area contributed by atoms with E-state index in [0.29, 0.717) is 36.2 Å². The Bertz CT molecular complexity index is 1080. The lowest BCUT2D eigenvalue weighted by molar-refractivity contribution is -0.117. The molecule has 1 saturated heterocycles. The van der Waals surface area contributed by atoms with Gasteiger partial charge in [-0.1, -0.05) is 22.9 Å². The Balaban J connectivity index is 1.38. The summed E-state index contributed by atoms with van der Waals surface area (Å²) >= 11 is 0. The van der Waals surface area contributed by atoms with Gasteiger partial charge in [0, 0.05) is 24.2 Å². The number of nitrogens with zero attached hydrogens (tertiary/aromatic N) is 3. The monoisotopic (exact) mass is 377 g/mol. The van der Waals surface area contributed by atoms with Gasteiger partial charge in [0.1, 0.15) is 0 Å². The molecule has 28 heavy (non-hydrogen) atoms. The molecule has 7 heteroatoms. The molecule has 0 bridgehead atoms. The summed E-state index contributed by atoms with van der Waals surface area (Å²) in [7, 11) is 0. The van der Waals surface area contributed by atoms with E-state index in [4.69, 9.17) is 14.0 Å². The number of aromatic nitrogens is 2. The summed E-state index contributed by atoms with van der Waals surface area (Å²) in [4.78, 5) is 18.9. The number of aryl methyl sites for hydroxylation is 2. The third-order valence-electron chi connectivity index (χ3n) is 5.19. The highest BCUT2D eigenvalue weighted by Gasteiger charge is 2.35. The second-order valence-corrected chi connectivity index (χ2v) is 7.22. The number of ether oxygens (including phenoxy) is 2. The first-order valence-electron chi connectivity index (χ1n) is 9.20. The minimum Gasteiger partial charge on any atom is -0.454 e. The van der Waals surface area contributed by atoms with Crippen molar-refractivity contribution in [2.75, 3.05) is 18.2 Å². The van der Waals surface area contributed by atoms with Gasteiger partial charge in [-0.05, 0) is 43.7 Å². The van der Waals surface area contributed by atoms with Crippen molar-refractivity contribution in [3.05, 3.63) is 53.4 Å². The molecular formula is C21H19N3O4. The fraction of sp³-hybridized carbons (Fsp3) is 0.286. The zero-order valence-corrected chi connectivity index (χ0v) is 15.6. The second kappa shape index (κ2) is 6.37. The minimum absolute atomic E-state index is 0.0692. The number of carbonyl (C=O) groups is 1. The molecule has 2 aliphatic heterocycles. The lowest BCUT2D eigenvalue weighted by Gasteiger charge is -2.19. The molecule has 5 rings (SSSR count). The molecule has 0 saturated carbocycles. The van der Waals surface area contributed by atoms with Crippen LogP contribution in [-0.2, 0) is 4.79 Å². The van der Waals surface area contributed by atoms with Gasteiger partial charge in [0.15, 0.2) is 11.5 Å². The molecule has 0 radical (unpaired) electrons. The Kier molecular flexibility index (Phi) is 3.82. The van der Waals surface area contributed by atoms with Gasteiger partial charge >= 0.3 is 0 Å². The molecule has 1 aromatic heterocycles. The lowest BCUT2D eigenvalue weighted by Crippen LogP contribution is -2.25. The van der Waals surface area contributed by atoms with Crippen molar-refractivity contribution < 1.29 is 18.8 Å². The van der Waals surface area contributed by atoms with Gasteiger partial charge in [-0.25, -0.2) is 0 Å². The average Bonchev–Trinajstić information content (AvgIpc) is 3.40. The van der Waals surface area contributed by atoms with E-state index in [9.17, 15) is 4.79 Å². The Morgan fingerprint density at radius 1 is 1.07 bits per heavy atom. The average molecular weight is 377 g/mol. The van der Waals surface area contributed by atoms with Crippen LogP contribution in [0, 0.1) is 13.8 Å². The zero-order chi connectivity index (χ0) is 19.3. The van der Waals surface area contributed by atoms with Crippen LogP contribution in [0.25, 0.3) is 11.4 Å². The van der Waals surface area contributed by atoms with Crippen molar-refractivity contribution in [2.45, 2.75) is 26.2 Å². The van der Waals surface area contributed by atoms with Gasteiger partial charge in [-0.15, -0.1) is 0 Å². The second-order valence-electron chi connectivity index (χ2n) is 7.22. The van der Waals surface area contributed by atoms with Crippen LogP contribution in [0.2, 0.25) is 0 Å². The van der Waals surface area contributed by atoms with Gasteiger partial charge in [0.05, 0.1) is 5.92 Å². The maximum Gasteiger partial charge on any atom is 0.232 e. The molecule has 3 aromatic rings. The third kappa shape index (κ3) is 2.79. The Hall–Kier alpha value is -3.35. The molecule has 0 unspecified atom stereocenters. The highest BCUT2D eigenvalue weighted by molar-refractivity contribution is 5.97. The number of hydrogen-bond donors (Lipinski definition) is 0. The van der Waals surface area contributed by atoms with E-state index in [2.05, 4.69) is 16.2 Å². The molecule has 0 spiro atoms. The summed E-state index contributed by atoms with van der Waals surface area (Å²) in [6, 6.07) is 11.6. The summed E-state index contributed by atoms with van der Waals surface area (Å²) in [6.07, 6.45) is 0.357. The van der Waals surface area contributed by atoms with Crippen molar-refractivity contribution in [2.24, 2.45) is 0 Å². The van der Waals surface area contributed by atoms with Crippen LogP contribution in [0.15, 0.2) is 40.9 Å². The van der Waals surface area contributed by atoms with Crippen LogP contribution in [-0.4, -0.2) is 29.4 Å². The Morgan fingerprint density at radius 2 is 1.93 bits per heavy atom. The molecule has 1 atom stereocenters. The fourth-order valence-electron chi connectivity index (χ4n) is 3.77. The molecule has 7 nitrogen and oxygen atoms in total. The highest BCUT2D eigenvalue weighted by Crippen LogP contribution is 2.37. The normalized spacial score (nSPS) is 18.1. The van der Waals surface area contributed by atoms with E-state index in [1.807, 2.05) is 49.1 Å². The fourth-order valence-corrected chi connectivity index (χ4v) is 3.77. The summed E-state index contributed by atoms with van der Waals surface area (Å²) in [5.41, 5.74) is 3.98. The van der Waals surface area contributed by atoms with Gasteiger partial charge in [0.2, 0.25) is 24.4 Å². The summed E-state index contributed by atoms with van der Waals surface area (Å²) < 4.78 is 16.2. The molecule has 1 amide bonds. The van der Waals surface area contributed by atoms with Gasteiger partial charge in [-0.2, -0.15) is 4.98 Å². The number of hydrogen-bond acceptors (Lipinski definition) is 6. The molecule has 2 aliphatic rings. The van der Waals surface area contributed by atoms with Gasteiger partial charge in [0.25, 0.3) is 0 Å². The van der Waals surface area contributed by atoms with Crippen molar-refractivity contribution >= 4 is 11.6 Å². The molecule has 2 aromatic carbocycles. The molecule has 3 heterocycles. The van der Waals surface area contributed by atoms with E-state index in [-0.39, 0.29) is 18.6 Å². The predicted molar refractivity (Wildman–Crippen MR) is 101 cm³/mol. The van der Waals surface area contributed by atoms with Crippen LogP contribution in [0.5, 0.6) is 11.5 Å². The number of anilines is 1. The van der Waals surface area contributed by atoms with E-state index >= 15 is 0 Å². The van der Waals surface area contributed by atoms with Crippen LogP contribution < -0.4 is 14.4 Å².